The highest BCUT2D eigenvalue weighted by atomic mass is 79.9. The molecule has 3 aromatic carbocycles. The van der Waals surface area contributed by atoms with Crippen molar-refractivity contribution in [2.45, 2.75) is 25.8 Å². The van der Waals surface area contributed by atoms with E-state index in [0.717, 1.165) is 63.9 Å². The fourth-order valence-electron chi connectivity index (χ4n) is 4.93. The lowest BCUT2D eigenvalue weighted by atomic mass is 10.0. The van der Waals surface area contributed by atoms with E-state index in [9.17, 15) is 10.1 Å². The van der Waals surface area contributed by atoms with Gasteiger partial charge in [0.15, 0.2) is 0 Å². The van der Waals surface area contributed by atoms with Crippen LogP contribution in [0.2, 0.25) is 5.02 Å². The SMILES string of the molecule is O=[N+]([O-])c1ccc(C[N+]2(CCOc3ccc4c(c3)oc3cc(Cl)ccc34)CCCCC2)cc1.[Br-]. The maximum absolute atomic E-state index is 11.0. The average molecular weight is 546 g/mol. The Bertz CT molecular complexity index is 1300. The molecule has 0 unspecified atom stereocenters. The number of nitro groups is 1. The number of nitrogens with zero attached hydrogens (tertiary/aromatic N) is 2. The molecule has 0 radical (unpaired) electrons. The van der Waals surface area contributed by atoms with Crippen LogP contribution in [-0.2, 0) is 6.54 Å². The van der Waals surface area contributed by atoms with Crippen LogP contribution in [0.25, 0.3) is 21.9 Å². The summed E-state index contributed by atoms with van der Waals surface area (Å²) in [5.74, 6) is 0.790. The molecule has 0 bridgehead atoms. The first-order valence-corrected chi connectivity index (χ1v) is 11.7. The lowest BCUT2D eigenvalue weighted by molar-refractivity contribution is -0.945. The molecular weight excluding hydrogens is 520 g/mol. The summed E-state index contributed by atoms with van der Waals surface area (Å²) in [6, 6.07) is 18.6. The van der Waals surface area contributed by atoms with Gasteiger partial charge in [-0.25, -0.2) is 0 Å². The van der Waals surface area contributed by atoms with Gasteiger partial charge in [0.1, 0.15) is 36.6 Å². The number of halogens is 2. The molecular formula is C26H26BrClN2O4. The highest BCUT2D eigenvalue weighted by molar-refractivity contribution is 6.31. The fraction of sp³-hybridized carbons (Fsp3) is 0.308. The number of likely N-dealkylation sites (tertiary alicyclic amines) is 1. The van der Waals surface area contributed by atoms with Crippen LogP contribution in [0.5, 0.6) is 5.75 Å². The molecule has 2 heterocycles. The smallest absolute Gasteiger partial charge is 0.269 e. The first-order chi connectivity index (χ1) is 16.0. The van der Waals surface area contributed by atoms with Gasteiger partial charge in [-0.05, 0) is 55.7 Å². The Morgan fingerprint density at radius 3 is 2.32 bits per heavy atom. The number of nitro benzene ring substituents is 1. The lowest BCUT2D eigenvalue weighted by Crippen LogP contribution is -3.00. The molecule has 4 aromatic rings. The van der Waals surface area contributed by atoms with E-state index in [1.807, 2.05) is 48.5 Å². The molecule has 1 aliphatic rings. The number of benzene rings is 3. The van der Waals surface area contributed by atoms with Crippen LogP contribution in [0.3, 0.4) is 0 Å². The van der Waals surface area contributed by atoms with Gasteiger partial charge in [0.25, 0.3) is 5.69 Å². The minimum Gasteiger partial charge on any atom is -1.00 e. The zero-order chi connectivity index (χ0) is 22.8. The van der Waals surface area contributed by atoms with Crippen molar-refractivity contribution in [3.63, 3.8) is 0 Å². The van der Waals surface area contributed by atoms with Gasteiger partial charge >= 0.3 is 0 Å². The molecule has 0 saturated carbocycles. The number of quaternary nitrogens is 1. The highest BCUT2D eigenvalue weighted by Crippen LogP contribution is 2.33. The molecule has 6 nitrogen and oxygen atoms in total. The van der Waals surface area contributed by atoms with Crippen molar-refractivity contribution < 1.29 is 35.5 Å². The van der Waals surface area contributed by atoms with Crippen LogP contribution in [0.1, 0.15) is 24.8 Å². The Morgan fingerprint density at radius 2 is 1.62 bits per heavy atom. The average Bonchev–Trinajstić information content (AvgIpc) is 3.16. The van der Waals surface area contributed by atoms with Crippen LogP contribution in [0.4, 0.5) is 5.69 Å². The minimum atomic E-state index is -0.351. The van der Waals surface area contributed by atoms with Crippen LogP contribution in [0, 0.1) is 10.1 Å². The number of non-ortho nitro benzene ring substituents is 1. The largest absolute Gasteiger partial charge is 1.00 e. The molecule has 0 atom stereocenters. The summed E-state index contributed by atoms with van der Waals surface area (Å²) in [6.07, 6.45) is 3.65. The number of hydrogen-bond donors (Lipinski definition) is 0. The highest BCUT2D eigenvalue weighted by Gasteiger charge is 2.30. The Kier molecular flexibility index (Phi) is 7.45. The number of rotatable bonds is 7. The molecule has 8 heteroatoms. The van der Waals surface area contributed by atoms with Crippen LogP contribution >= 0.6 is 11.6 Å². The minimum absolute atomic E-state index is 0. The summed E-state index contributed by atoms with van der Waals surface area (Å²) in [4.78, 5) is 10.6. The van der Waals surface area contributed by atoms with Crippen molar-refractivity contribution in [1.29, 1.82) is 0 Å². The van der Waals surface area contributed by atoms with E-state index in [-0.39, 0.29) is 27.6 Å². The van der Waals surface area contributed by atoms with E-state index in [1.54, 1.807) is 12.1 Å². The maximum Gasteiger partial charge on any atom is 0.269 e. The summed E-state index contributed by atoms with van der Waals surface area (Å²) < 4.78 is 13.1. The Labute approximate surface area is 213 Å². The van der Waals surface area contributed by atoms with Gasteiger partial charge in [-0.1, -0.05) is 11.6 Å². The number of piperidine rings is 1. The third-order valence-electron chi connectivity index (χ3n) is 6.67. The Balaban J connectivity index is 0.00000274. The summed E-state index contributed by atoms with van der Waals surface area (Å²) in [7, 11) is 0. The van der Waals surface area contributed by atoms with Crippen LogP contribution in [0.15, 0.2) is 65.1 Å². The molecule has 0 amide bonds. The van der Waals surface area contributed by atoms with Crippen molar-refractivity contribution in [2.75, 3.05) is 26.2 Å². The summed E-state index contributed by atoms with van der Waals surface area (Å²) in [6.45, 7) is 4.56. The third kappa shape index (κ3) is 5.22. The molecule has 5 rings (SSSR count). The number of fused-ring (bicyclic) bond motifs is 3. The first kappa shape index (κ1) is 24.5. The quantitative estimate of drug-likeness (QED) is 0.202. The number of hydrogen-bond acceptors (Lipinski definition) is 4. The second-order valence-electron chi connectivity index (χ2n) is 8.90. The van der Waals surface area contributed by atoms with Crippen LogP contribution in [-0.4, -0.2) is 35.6 Å². The molecule has 1 fully saturated rings. The molecule has 1 aliphatic heterocycles. The summed E-state index contributed by atoms with van der Waals surface area (Å²) in [5.41, 5.74) is 2.83. The molecule has 1 aromatic heterocycles. The zero-order valence-electron chi connectivity index (χ0n) is 18.7. The number of furan rings is 1. The van der Waals surface area contributed by atoms with E-state index >= 15 is 0 Å². The van der Waals surface area contributed by atoms with Gasteiger partial charge in [0, 0.05) is 45.6 Å². The van der Waals surface area contributed by atoms with Crippen molar-refractivity contribution in [2.24, 2.45) is 0 Å². The van der Waals surface area contributed by atoms with Crippen molar-refractivity contribution in [3.05, 3.63) is 81.4 Å². The zero-order valence-corrected chi connectivity index (χ0v) is 21.1. The molecule has 0 aliphatic carbocycles. The van der Waals surface area contributed by atoms with E-state index in [1.165, 1.54) is 19.3 Å². The predicted molar refractivity (Wildman–Crippen MR) is 130 cm³/mol. The first-order valence-electron chi connectivity index (χ1n) is 11.3. The second kappa shape index (κ2) is 10.3. The van der Waals surface area contributed by atoms with Gasteiger partial charge in [-0.3, -0.25) is 10.1 Å². The van der Waals surface area contributed by atoms with E-state index in [2.05, 4.69) is 0 Å². The summed E-state index contributed by atoms with van der Waals surface area (Å²) in [5, 5.41) is 13.7. The molecule has 1 saturated heterocycles. The van der Waals surface area contributed by atoms with Gasteiger partial charge in [-0.2, -0.15) is 0 Å². The summed E-state index contributed by atoms with van der Waals surface area (Å²) >= 11 is 6.10. The van der Waals surface area contributed by atoms with E-state index < -0.39 is 0 Å². The van der Waals surface area contributed by atoms with Crippen molar-refractivity contribution in [3.8, 4) is 5.75 Å². The number of ether oxygens (including phenoxy) is 1. The standard InChI is InChI=1S/C26H26ClN2O4.BrH/c27-20-6-10-23-24-11-9-22(17-26(24)33-25(23)16-20)32-15-14-29(12-2-1-3-13-29)18-19-4-7-21(8-5-19)28(30)31;/h4-11,16-17H,1-3,12-15,18H2;1H/q+1;/p-1. The normalized spacial score (nSPS) is 15.2. The van der Waals surface area contributed by atoms with Crippen LogP contribution < -0.4 is 21.7 Å². The lowest BCUT2D eigenvalue weighted by Gasteiger charge is -2.41. The second-order valence-corrected chi connectivity index (χ2v) is 9.34. The third-order valence-corrected chi connectivity index (χ3v) is 6.91. The molecule has 0 spiro atoms. The van der Waals surface area contributed by atoms with Gasteiger partial charge in [0.05, 0.1) is 18.0 Å². The molecule has 178 valence electrons. The topological polar surface area (TPSA) is 65.5 Å². The predicted octanol–water partition coefficient (Wildman–Crippen LogP) is 3.73. The van der Waals surface area contributed by atoms with Gasteiger partial charge < -0.3 is 30.6 Å². The fourth-order valence-corrected chi connectivity index (χ4v) is 5.09. The molecule has 0 N–H and O–H groups in total. The van der Waals surface area contributed by atoms with Crippen molar-refractivity contribution in [1.82, 2.24) is 0 Å². The molecule has 34 heavy (non-hydrogen) atoms. The maximum atomic E-state index is 11.0. The van der Waals surface area contributed by atoms with E-state index in [4.69, 9.17) is 20.8 Å². The Hall–Kier alpha value is -2.61. The van der Waals surface area contributed by atoms with Crippen molar-refractivity contribution >= 4 is 39.2 Å². The van der Waals surface area contributed by atoms with E-state index in [0.29, 0.717) is 11.6 Å². The monoisotopic (exact) mass is 544 g/mol. The van der Waals surface area contributed by atoms with Gasteiger partial charge in [0.2, 0.25) is 0 Å². The Morgan fingerprint density at radius 1 is 0.941 bits per heavy atom. The van der Waals surface area contributed by atoms with Gasteiger partial charge in [-0.15, -0.1) is 0 Å².